The molecule has 1 aromatic carbocycles. The van der Waals surface area contributed by atoms with Gasteiger partial charge in [0.15, 0.2) is 0 Å². The van der Waals surface area contributed by atoms with Gasteiger partial charge in [0, 0.05) is 37.3 Å². The first kappa shape index (κ1) is 13.9. The fourth-order valence-corrected chi connectivity index (χ4v) is 2.55. The summed E-state index contributed by atoms with van der Waals surface area (Å²) in [6, 6.07) is 8.21. The van der Waals surface area contributed by atoms with Crippen molar-refractivity contribution >= 4 is 29.2 Å². The van der Waals surface area contributed by atoms with E-state index in [4.69, 9.17) is 0 Å². The van der Waals surface area contributed by atoms with Crippen LogP contribution in [0.25, 0.3) is 10.9 Å². The number of carbonyl (C=O) groups excluding carboxylic acids is 1. The van der Waals surface area contributed by atoms with Gasteiger partial charge < -0.3 is 15.2 Å². The SMILES string of the molecule is C[C@@H]1CN(C(=O)c2cccc3cc[nH]c23)CCN1.Cl. The van der Waals surface area contributed by atoms with E-state index < -0.39 is 0 Å². The molecule has 3 rings (SSSR count). The van der Waals surface area contributed by atoms with Gasteiger partial charge in [-0.3, -0.25) is 4.79 Å². The number of piperazine rings is 1. The number of rotatable bonds is 1. The van der Waals surface area contributed by atoms with Crippen LogP contribution in [0.4, 0.5) is 0 Å². The minimum atomic E-state index is 0. The molecule has 0 radical (unpaired) electrons. The van der Waals surface area contributed by atoms with Crippen LogP contribution in [0.3, 0.4) is 0 Å². The van der Waals surface area contributed by atoms with Crippen molar-refractivity contribution in [3.05, 3.63) is 36.0 Å². The van der Waals surface area contributed by atoms with Gasteiger partial charge in [0.25, 0.3) is 5.91 Å². The highest BCUT2D eigenvalue weighted by Gasteiger charge is 2.22. The van der Waals surface area contributed by atoms with Crippen LogP contribution in [-0.2, 0) is 0 Å². The number of nitrogens with one attached hydrogen (secondary N) is 2. The minimum absolute atomic E-state index is 0. The first-order valence-corrected chi connectivity index (χ1v) is 6.34. The van der Waals surface area contributed by atoms with Crippen LogP contribution in [0.1, 0.15) is 17.3 Å². The van der Waals surface area contributed by atoms with Crippen LogP contribution in [0.15, 0.2) is 30.5 Å². The standard InChI is InChI=1S/C14H17N3O.ClH/c1-10-9-17(8-7-15-10)14(18)12-4-2-3-11-5-6-16-13(11)12;/h2-6,10,15-16H,7-9H2,1H3;1H/t10-;/m1./s1. The predicted molar refractivity (Wildman–Crippen MR) is 78.9 cm³/mol. The molecule has 0 saturated carbocycles. The lowest BCUT2D eigenvalue weighted by Crippen LogP contribution is -2.51. The highest BCUT2D eigenvalue weighted by atomic mass is 35.5. The molecule has 1 amide bonds. The number of amides is 1. The van der Waals surface area contributed by atoms with E-state index in [0.29, 0.717) is 6.04 Å². The number of fused-ring (bicyclic) bond motifs is 1. The second-order valence-corrected chi connectivity index (χ2v) is 4.85. The molecule has 1 aromatic heterocycles. The normalized spacial score (nSPS) is 19.2. The lowest BCUT2D eigenvalue weighted by Gasteiger charge is -2.32. The molecule has 1 aliphatic rings. The van der Waals surface area contributed by atoms with Crippen molar-refractivity contribution in [3.63, 3.8) is 0 Å². The van der Waals surface area contributed by atoms with Crippen molar-refractivity contribution in [1.29, 1.82) is 0 Å². The maximum Gasteiger partial charge on any atom is 0.256 e. The summed E-state index contributed by atoms with van der Waals surface area (Å²) in [7, 11) is 0. The fraction of sp³-hybridized carbons (Fsp3) is 0.357. The molecule has 0 spiro atoms. The minimum Gasteiger partial charge on any atom is -0.361 e. The zero-order valence-corrected chi connectivity index (χ0v) is 11.7. The van der Waals surface area contributed by atoms with Crippen LogP contribution >= 0.6 is 12.4 Å². The number of nitrogens with zero attached hydrogens (tertiary/aromatic N) is 1. The largest absolute Gasteiger partial charge is 0.361 e. The molecule has 2 heterocycles. The Bertz CT molecular complexity index is 581. The molecule has 102 valence electrons. The molecular formula is C14H18ClN3O. The lowest BCUT2D eigenvalue weighted by molar-refractivity contribution is 0.0711. The van der Waals surface area contributed by atoms with Crippen molar-refractivity contribution in [2.75, 3.05) is 19.6 Å². The fourth-order valence-electron chi connectivity index (χ4n) is 2.55. The molecular weight excluding hydrogens is 262 g/mol. The Balaban J connectivity index is 0.00000133. The summed E-state index contributed by atoms with van der Waals surface area (Å²) in [5.74, 6) is 0.122. The summed E-state index contributed by atoms with van der Waals surface area (Å²) < 4.78 is 0. The summed E-state index contributed by atoms with van der Waals surface area (Å²) >= 11 is 0. The Kier molecular flexibility index (Phi) is 4.12. The van der Waals surface area contributed by atoms with Crippen molar-refractivity contribution in [3.8, 4) is 0 Å². The van der Waals surface area contributed by atoms with Crippen LogP contribution in [0.2, 0.25) is 0 Å². The Morgan fingerprint density at radius 2 is 2.21 bits per heavy atom. The molecule has 4 nitrogen and oxygen atoms in total. The summed E-state index contributed by atoms with van der Waals surface area (Å²) in [6.07, 6.45) is 1.88. The van der Waals surface area contributed by atoms with Gasteiger partial charge in [-0.2, -0.15) is 0 Å². The van der Waals surface area contributed by atoms with Crippen molar-refractivity contribution in [1.82, 2.24) is 15.2 Å². The van der Waals surface area contributed by atoms with Gasteiger partial charge in [-0.05, 0) is 19.1 Å². The van der Waals surface area contributed by atoms with Crippen molar-refractivity contribution in [2.24, 2.45) is 0 Å². The van der Waals surface area contributed by atoms with Gasteiger partial charge in [0.2, 0.25) is 0 Å². The van der Waals surface area contributed by atoms with E-state index in [-0.39, 0.29) is 18.3 Å². The average Bonchev–Trinajstić information content (AvgIpc) is 2.86. The van der Waals surface area contributed by atoms with Crippen LogP contribution < -0.4 is 5.32 Å². The zero-order valence-electron chi connectivity index (χ0n) is 10.8. The maximum absolute atomic E-state index is 12.5. The van der Waals surface area contributed by atoms with Crippen molar-refractivity contribution < 1.29 is 4.79 Å². The number of para-hydroxylation sites is 1. The topological polar surface area (TPSA) is 48.1 Å². The Hall–Kier alpha value is -1.52. The van der Waals surface area contributed by atoms with Gasteiger partial charge in [-0.1, -0.05) is 12.1 Å². The second kappa shape index (κ2) is 5.63. The van der Waals surface area contributed by atoms with Gasteiger partial charge in [-0.25, -0.2) is 0 Å². The maximum atomic E-state index is 12.5. The molecule has 2 N–H and O–H groups in total. The summed E-state index contributed by atoms with van der Waals surface area (Å²) in [4.78, 5) is 17.6. The molecule has 19 heavy (non-hydrogen) atoms. The third kappa shape index (κ3) is 2.60. The van der Waals surface area contributed by atoms with Crippen LogP contribution in [0.5, 0.6) is 0 Å². The van der Waals surface area contributed by atoms with Gasteiger partial charge >= 0.3 is 0 Å². The Morgan fingerprint density at radius 1 is 1.37 bits per heavy atom. The number of aromatic nitrogens is 1. The van der Waals surface area contributed by atoms with Gasteiger partial charge in [-0.15, -0.1) is 12.4 Å². The molecule has 1 atom stereocenters. The van der Waals surface area contributed by atoms with E-state index in [1.165, 1.54) is 0 Å². The van der Waals surface area contributed by atoms with E-state index in [9.17, 15) is 4.79 Å². The number of hydrogen-bond acceptors (Lipinski definition) is 2. The third-order valence-corrected chi connectivity index (χ3v) is 3.47. The molecule has 0 unspecified atom stereocenters. The smallest absolute Gasteiger partial charge is 0.256 e. The monoisotopic (exact) mass is 279 g/mol. The number of H-pyrrole nitrogens is 1. The second-order valence-electron chi connectivity index (χ2n) is 4.85. The van der Waals surface area contributed by atoms with Gasteiger partial charge in [0.1, 0.15) is 0 Å². The molecule has 2 aromatic rings. The molecule has 0 aliphatic carbocycles. The van der Waals surface area contributed by atoms with Gasteiger partial charge in [0.05, 0.1) is 11.1 Å². The number of benzene rings is 1. The highest BCUT2D eigenvalue weighted by Crippen LogP contribution is 2.19. The molecule has 1 aliphatic heterocycles. The number of hydrogen-bond donors (Lipinski definition) is 2. The first-order chi connectivity index (χ1) is 8.75. The Morgan fingerprint density at radius 3 is 3.00 bits per heavy atom. The van der Waals surface area contributed by atoms with Crippen LogP contribution in [-0.4, -0.2) is 41.5 Å². The molecule has 5 heteroatoms. The van der Waals surface area contributed by atoms with E-state index in [0.717, 1.165) is 36.1 Å². The summed E-state index contributed by atoms with van der Waals surface area (Å²) in [5, 5.41) is 4.44. The van der Waals surface area contributed by atoms with E-state index in [1.54, 1.807) is 0 Å². The van der Waals surface area contributed by atoms with Crippen LogP contribution in [0, 0.1) is 0 Å². The molecule has 1 saturated heterocycles. The van der Waals surface area contributed by atoms with E-state index >= 15 is 0 Å². The molecule has 1 fully saturated rings. The summed E-state index contributed by atoms with van der Waals surface area (Å²) in [5.41, 5.74) is 1.71. The first-order valence-electron chi connectivity index (χ1n) is 6.34. The highest BCUT2D eigenvalue weighted by molar-refractivity contribution is 6.05. The number of aromatic amines is 1. The number of carbonyl (C=O) groups is 1. The van der Waals surface area contributed by atoms with E-state index in [1.807, 2.05) is 35.4 Å². The van der Waals surface area contributed by atoms with E-state index in [2.05, 4.69) is 17.2 Å². The molecule has 0 bridgehead atoms. The quantitative estimate of drug-likeness (QED) is 0.839. The lowest BCUT2D eigenvalue weighted by atomic mass is 10.1. The predicted octanol–water partition coefficient (Wildman–Crippen LogP) is 2.02. The number of halogens is 1. The van der Waals surface area contributed by atoms with Crippen molar-refractivity contribution in [2.45, 2.75) is 13.0 Å². The average molecular weight is 280 g/mol. The Labute approximate surface area is 118 Å². The third-order valence-electron chi connectivity index (χ3n) is 3.47. The summed E-state index contributed by atoms with van der Waals surface area (Å²) in [6.45, 7) is 4.53. The zero-order chi connectivity index (χ0) is 12.5.